The molecule has 1 amide bonds. The molecule has 1 aliphatic heterocycles. The van der Waals surface area contributed by atoms with Crippen molar-refractivity contribution >= 4 is 17.4 Å². The van der Waals surface area contributed by atoms with Crippen molar-refractivity contribution in [1.82, 2.24) is 0 Å². The fourth-order valence-electron chi connectivity index (χ4n) is 3.04. The molecule has 1 aliphatic rings. The van der Waals surface area contributed by atoms with Gasteiger partial charge in [-0.05, 0) is 25.5 Å². The van der Waals surface area contributed by atoms with Crippen LogP contribution in [0.4, 0.5) is 5.69 Å². The molecule has 4 nitrogen and oxygen atoms in total. The number of hydrogen-bond donors (Lipinski definition) is 0. The lowest BCUT2D eigenvalue weighted by molar-refractivity contribution is -0.122. The third-order valence-corrected chi connectivity index (χ3v) is 4.47. The second kappa shape index (κ2) is 5.88. The lowest BCUT2D eigenvalue weighted by Gasteiger charge is -2.23. The van der Waals surface area contributed by atoms with E-state index in [0.717, 1.165) is 0 Å². The van der Waals surface area contributed by atoms with Crippen molar-refractivity contribution in [2.75, 3.05) is 18.6 Å². The second-order valence-electron chi connectivity index (χ2n) is 5.91. The van der Waals surface area contributed by atoms with Gasteiger partial charge in [-0.15, -0.1) is 0 Å². The number of hydrogen-bond acceptors (Lipinski definition) is 3. The van der Waals surface area contributed by atoms with Crippen molar-refractivity contribution in [3.63, 3.8) is 0 Å². The molecule has 1 saturated heterocycles. The normalized spacial score (nSPS) is 20.6. The molecular formula is C19H19NO3. The average Bonchev–Trinajstić information content (AvgIpc) is 2.91. The van der Waals surface area contributed by atoms with Crippen LogP contribution in [-0.4, -0.2) is 25.3 Å². The molecule has 0 N–H and O–H groups in total. The molecule has 1 fully saturated rings. The quantitative estimate of drug-likeness (QED) is 0.643. The Morgan fingerprint density at radius 1 is 1.09 bits per heavy atom. The van der Waals surface area contributed by atoms with E-state index in [0.29, 0.717) is 30.0 Å². The van der Waals surface area contributed by atoms with E-state index < -0.39 is 5.41 Å². The van der Waals surface area contributed by atoms with Gasteiger partial charge in [0.2, 0.25) is 5.91 Å². The third-order valence-electron chi connectivity index (χ3n) is 4.47. The topological polar surface area (TPSA) is 46.6 Å². The lowest BCUT2D eigenvalue weighted by Crippen LogP contribution is -2.38. The monoisotopic (exact) mass is 309 g/mol. The Morgan fingerprint density at radius 2 is 1.74 bits per heavy atom. The Morgan fingerprint density at radius 3 is 2.43 bits per heavy atom. The van der Waals surface area contributed by atoms with Crippen LogP contribution in [0.15, 0.2) is 54.6 Å². The van der Waals surface area contributed by atoms with Gasteiger partial charge in [0.15, 0.2) is 5.78 Å². The number of nitrogens with zero attached hydrogens (tertiary/aromatic N) is 1. The maximum atomic E-state index is 13.0. The van der Waals surface area contributed by atoms with Gasteiger partial charge in [0.1, 0.15) is 11.2 Å². The van der Waals surface area contributed by atoms with Crippen LogP contribution < -0.4 is 9.64 Å². The Balaban J connectivity index is 1.93. The highest BCUT2D eigenvalue weighted by Gasteiger charge is 2.49. The number of amides is 1. The number of Topliss-reactive ketones (excluding diaryl/α,β-unsaturated/α-hetero) is 1. The van der Waals surface area contributed by atoms with Crippen LogP contribution >= 0.6 is 0 Å². The zero-order valence-corrected chi connectivity index (χ0v) is 13.3. The maximum absolute atomic E-state index is 13.0. The molecule has 2 aromatic carbocycles. The molecule has 0 aromatic heterocycles. The van der Waals surface area contributed by atoms with Crippen molar-refractivity contribution in [1.29, 1.82) is 0 Å². The van der Waals surface area contributed by atoms with E-state index in [2.05, 4.69) is 0 Å². The van der Waals surface area contributed by atoms with Gasteiger partial charge in [-0.2, -0.15) is 0 Å². The zero-order valence-electron chi connectivity index (χ0n) is 13.3. The largest absolute Gasteiger partial charge is 0.495 e. The van der Waals surface area contributed by atoms with Crippen LogP contribution in [-0.2, 0) is 4.79 Å². The van der Waals surface area contributed by atoms with Gasteiger partial charge in [-0.1, -0.05) is 42.5 Å². The second-order valence-corrected chi connectivity index (χ2v) is 5.91. The number of rotatable bonds is 4. The van der Waals surface area contributed by atoms with Gasteiger partial charge in [0.05, 0.1) is 12.8 Å². The molecule has 0 saturated carbocycles. The first-order chi connectivity index (χ1) is 11.1. The molecule has 1 heterocycles. The predicted molar refractivity (Wildman–Crippen MR) is 88.8 cm³/mol. The number of carbonyl (C=O) groups excluding carboxylic acids is 2. The van der Waals surface area contributed by atoms with Crippen LogP contribution in [0.1, 0.15) is 23.7 Å². The van der Waals surface area contributed by atoms with Crippen LogP contribution in [0.25, 0.3) is 0 Å². The van der Waals surface area contributed by atoms with Crippen LogP contribution in [0, 0.1) is 5.41 Å². The number of benzene rings is 2. The predicted octanol–water partition coefficient (Wildman–Crippen LogP) is 3.32. The van der Waals surface area contributed by atoms with Gasteiger partial charge >= 0.3 is 0 Å². The highest BCUT2D eigenvalue weighted by atomic mass is 16.5. The number of methoxy groups -OCH3 is 1. The minimum atomic E-state index is -1.03. The number of carbonyl (C=O) groups is 2. The maximum Gasteiger partial charge on any atom is 0.240 e. The highest BCUT2D eigenvalue weighted by molar-refractivity contribution is 6.19. The Kier molecular flexibility index (Phi) is 3.90. The SMILES string of the molecule is COc1ccccc1N1CCC(C)(C(=O)c2ccccc2)C1=O. The molecule has 0 bridgehead atoms. The van der Waals surface area contributed by atoms with Crippen molar-refractivity contribution in [3.05, 3.63) is 60.2 Å². The fourth-order valence-corrected chi connectivity index (χ4v) is 3.04. The standard InChI is InChI=1S/C19H19NO3/c1-19(17(21)14-8-4-3-5-9-14)12-13-20(18(19)22)15-10-6-7-11-16(15)23-2/h3-11H,12-13H2,1-2H3. The van der Waals surface area contributed by atoms with Gasteiger partial charge < -0.3 is 9.64 Å². The summed E-state index contributed by atoms with van der Waals surface area (Å²) in [7, 11) is 1.58. The number of anilines is 1. The number of ether oxygens (including phenoxy) is 1. The van der Waals surface area contributed by atoms with Crippen molar-refractivity contribution < 1.29 is 14.3 Å². The van der Waals surface area contributed by atoms with Crippen molar-refractivity contribution in [2.24, 2.45) is 5.41 Å². The van der Waals surface area contributed by atoms with Gasteiger partial charge in [-0.25, -0.2) is 0 Å². The summed E-state index contributed by atoms with van der Waals surface area (Å²) in [5, 5.41) is 0. The van der Waals surface area contributed by atoms with E-state index in [9.17, 15) is 9.59 Å². The van der Waals surface area contributed by atoms with Gasteiger partial charge in [0.25, 0.3) is 0 Å². The van der Waals surface area contributed by atoms with Crippen LogP contribution in [0.5, 0.6) is 5.75 Å². The molecular weight excluding hydrogens is 290 g/mol. The van der Waals surface area contributed by atoms with Gasteiger partial charge in [-0.3, -0.25) is 9.59 Å². The van der Waals surface area contributed by atoms with E-state index in [1.165, 1.54) is 0 Å². The first kappa shape index (κ1) is 15.3. The smallest absolute Gasteiger partial charge is 0.240 e. The molecule has 0 spiro atoms. The van der Waals surface area contributed by atoms with Crippen LogP contribution in [0.3, 0.4) is 0 Å². The average molecular weight is 309 g/mol. The van der Waals surface area contributed by atoms with Gasteiger partial charge in [0, 0.05) is 12.1 Å². The summed E-state index contributed by atoms with van der Waals surface area (Å²) in [6, 6.07) is 16.4. The molecule has 3 rings (SSSR count). The first-order valence-electron chi connectivity index (χ1n) is 7.63. The summed E-state index contributed by atoms with van der Waals surface area (Å²) in [4.78, 5) is 27.4. The minimum Gasteiger partial charge on any atom is -0.495 e. The molecule has 2 aromatic rings. The van der Waals surface area contributed by atoms with E-state index in [-0.39, 0.29) is 11.7 Å². The summed E-state index contributed by atoms with van der Waals surface area (Å²) < 4.78 is 5.34. The Bertz CT molecular complexity index is 741. The molecule has 23 heavy (non-hydrogen) atoms. The summed E-state index contributed by atoms with van der Waals surface area (Å²) in [6.07, 6.45) is 0.498. The highest BCUT2D eigenvalue weighted by Crippen LogP contribution is 2.40. The van der Waals surface area contributed by atoms with Crippen LogP contribution in [0.2, 0.25) is 0 Å². The molecule has 1 unspecified atom stereocenters. The summed E-state index contributed by atoms with van der Waals surface area (Å²) in [5.41, 5.74) is 0.261. The summed E-state index contributed by atoms with van der Waals surface area (Å²) in [5.74, 6) is 0.341. The van der Waals surface area contributed by atoms with E-state index >= 15 is 0 Å². The van der Waals surface area contributed by atoms with Crippen molar-refractivity contribution in [3.8, 4) is 5.75 Å². The van der Waals surface area contributed by atoms with E-state index in [4.69, 9.17) is 4.74 Å². The third kappa shape index (κ3) is 2.50. The van der Waals surface area contributed by atoms with Crippen molar-refractivity contribution in [2.45, 2.75) is 13.3 Å². The summed E-state index contributed by atoms with van der Waals surface area (Å²) >= 11 is 0. The number of para-hydroxylation sites is 2. The zero-order chi connectivity index (χ0) is 16.4. The Labute approximate surface area is 135 Å². The molecule has 0 aliphatic carbocycles. The lowest BCUT2D eigenvalue weighted by atomic mass is 9.81. The van der Waals surface area contributed by atoms with E-state index in [1.54, 1.807) is 31.1 Å². The molecule has 1 atom stereocenters. The Hall–Kier alpha value is -2.62. The minimum absolute atomic E-state index is 0.125. The molecule has 0 radical (unpaired) electrons. The number of ketones is 1. The molecule has 4 heteroatoms. The first-order valence-corrected chi connectivity index (χ1v) is 7.63. The fraction of sp³-hybridized carbons (Fsp3) is 0.263. The molecule has 118 valence electrons. The van der Waals surface area contributed by atoms with E-state index in [1.807, 2.05) is 42.5 Å². The summed E-state index contributed by atoms with van der Waals surface area (Å²) in [6.45, 7) is 2.24.